The summed E-state index contributed by atoms with van der Waals surface area (Å²) in [7, 11) is 0. The Morgan fingerprint density at radius 3 is 2.65 bits per heavy atom. The van der Waals surface area contributed by atoms with Gasteiger partial charge in [0.05, 0.1) is 6.42 Å². The number of halogens is 2. The van der Waals surface area contributed by atoms with Gasteiger partial charge in [0.2, 0.25) is 5.91 Å². The molecule has 0 saturated heterocycles. The van der Waals surface area contributed by atoms with E-state index < -0.39 is 0 Å². The molecule has 0 aliphatic rings. The van der Waals surface area contributed by atoms with Gasteiger partial charge in [-0.15, -0.1) is 0 Å². The van der Waals surface area contributed by atoms with Crippen LogP contribution in [0.5, 0.6) is 0 Å². The minimum absolute atomic E-state index is 0.0601. The average molecular weight is 353 g/mol. The highest BCUT2D eigenvalue weighted by Crippen LogP contribution is 2.22. The zero-order valence-electron chi connectivity index (χ0n) is 11.1. The van der Waals surface area contributed by atoms with Crippen molar-refractivity contribution in [3.05, 3.63) is 63.1 Å². The summed E-state index contributed by atoms with van der Waals surface area (Å²) < 4.78 is 1.01. The van der Waals surface area contributed by atoms with Gasteiger partial charge < -0.3 is 5.32 Å². The van der Waals surface area contributed by atoms with Crippen LogP contribution in [0.25, 0.3) is 0 Å². The summed E-state index contributed by atoms with van der Waals surface area (Å²) in [5, 5.41) is 3.57. The maximum Gasteiger partial charge on any atom is 0.228 e. The van der Waals surface area contributed by atoms with E-state index >= 15 is 0 Å². The van der Waals surface area contributed by atoms with Crippen molar-refractivity contribution in [2.45, 2.75) is 19.8 Å². The van der Waals surface area contributed by atoms with E-state index in [4.69, 9.17) is 11.6 Å². The molecule has 2 nitrogen and oxygen atoms in total. The fraction of sp³-hybridized carbons (Fsp3) is 0.188. The van der Waals surface area contributed by atoms with Crippen LogP contribution in [-0.4, -0.2) is 5.91 Å². The number of carbonyl (C=O) groups is 1. The first-order valence-corrected chi connectivity index (χ1v) is 7.59. The highest BCUT2D eigenvalue weighted by molar-refractivity contribution is 9.10. The number of anilines is 1. The van der Waals surface area contributed by atoms with Gasteiger partial charge >= 0.3 is 0 Å². The van der Waals surface area contributed by atoms with Crippen LogP contribution in [0, 0.1) is 0 Å². The Morgan fingerprint density at radius 1 is 1.20 bits per heavy atom. The van der Waals surface area contributed by atoms with E-state index in [9.17, 15) is 4.79 Å². The third-order valence-electron chi connectivity index (χ3n) is 3.03. The zero-order valence-corrected chi connectivity index (χ0v) is 13.5. The van der Waals surface area contributed by atoms with Gasteiger partial charge in [0.1, 0.15) is 0 Å². The third-order valence-corrected chi connectivity index (χ3v) is 3.89. The molecule has 104 valence electrons. The molecule has 0 atom stereocenters. The topological polar surface area (TPSA) is 29.1 Å². The van der Waals surface area contributed by atoms with Crippen molar-refractivity contribution in [3.8, 4) is 0 Å². The smallest absolute Gasteiger partial charge is 0.228 e. The first kappa shape index (κ1) is 15.1. The van der Waals surface area contributed by atoms with Crippen molar-refractivity contribution in [1.29, 1.82) is 0 Å². The van der Waals surface area contributed by atoms with Crippen molar-refractivity contribution in [2.24, 2.45) is 0 Å². The van der Waals surface area contributed by atoms with Gasteiger partial charge in [0.25, 0.3) is 0 Å². The summed E-state index contributed by atoms with van der Waals surface area (Å²) in [6.07, 6.45) is 1.14. The van der Waals surface area contributed by atoms with Gasteiger partial charge in [-0.2, -0.15) is 0 Å². The molecule has 2 aromatic rings. The van der Waals surface area contributed by atoms with Gasteiger partial charge in [0, 0.05) is 15.2 Å². The van der Waals surface area contributed by atoms with E-state index in [0.29, 0.717) is 5.02 Å². The van der Waals surface area contributed by atoms with Crippen LogP contribution in [0.2, 0.25) is 5.02 Å². The molecule has 0 fully saturated rings. The highest BCUT2D eigenvalue weighted by atomic mass is 79.9. The summed E-state index contributed by atoms with van der Waals surface area (Å²) in [4.78, 5) is 12.1. The Labute approximate surface area is 132 Å². The number of rotatable bonds is 4. The van der Waals surface area contributed by atoms with Crippen LogP contribution in [-0.2, 0) is 17.6 Å². The molecular weight excluding hydrogens is 338 g/mol. The van der Waals surface area contributed by atoms with Gasteiger partial charge in [0.15, 0.2) is 0 Å². The molecule has 4 heteroatoms. The first-order chi connectivity index (χ1) is 9.60. The average Bonchev–Trinajstić information content (AvgIpc) is 2.43. The molecule has 0 aliphatic carbocycles. The SMILES string of the molecule is CCc1cc(Br)ccc1NC(=O)Cc1ccccc1Cl. The second-order valence-corrected chi connectivity index (χ2v) is 5.79. The molecule has 0 heterocycles. The summed E-state index contributed by atoms with van der Waals surface area (Å²) in [6.45, 7) is 2.06. The molecule has 0 spiro atoms. The minimum Gasteiger partial charge on any atom is -0.326 e. The van der Waals surface area contributed by atoms with Gasteiger partial charge in [-0.05, 0) is 41.8 Å². The normalized spacial score (nSPS) is 10.3. The van der Waals surface area contributed by atoms with Crippen LogP contribution in [0.3, 0.4) is 0 Å². The molecule has 2 aromatic carbocycles. The monoisotopic (exact) mass is 351 g/mol. The Kier molecular flexibility index (Phi) is 5.21. The second-order valence-electron chi connectivity index (χ2n) is 4.47. The number of hydrogen-bond acceptors (Lipinski definition) is 1. The van der Waals surface area contributed by atoms with Crippen LogP contribution in [0.4, 0.5) is 5.69 Å². The Morgan fingerprint density at radius 2 is 1.95 bits per heavy atom. The van der Waals surface area contributed by atoms with Crippen molar-refractivity contribution in [3.63, 3.8) is 0 Å². The number of aryl methyl sites for hydroxylation is 1. The summed E-state index contributed by atoms with van der Waals surface area (Å²) >= 11 is 9.50. The van der Waals surface area contributed by atoms with Gasteiger partial charge in [-0.3, -0.25) is 4.79 Å². The fourth-order valence-corrected chi connectivity index (χ4v) is 2.60. The maximum absolute atomic E-state index is 12.1. The lowest BCUT2D eigenvalue weighted by atomic mass is 10.1. The molecule has 0 aromatic heterocycles. The summed E-state index contributed by atoms with van der Waals surface area (Å²) in [6, 6.07) is 13.2. The highest BCUT2D eigenvalue weighted by Gasteiger charge is 2.09. The predicted molar refractivity (Wildman–Crippen MR) is 87.3 cm³/mol. The standard InChI is InChI=1S/C16H15BrClNO/c1-2-11-9-13(17)7-8-15(11)19-16(20)10-12-5-3-4-6-14(12)18/h3-9H,2,10H2,1H3,(H,19,20). The fourth-order valence-electron chi connectivity index (χ4n) is 1.99. The number of hydrogen-bond donors (Lipinski definition) is 1. The van der Waals surface area contributed by atoms with Crippen molar-refractivity contribution in [1.82, 2.24) is 0 Å². The van der Waals surface area contributed by atoms with Crippen molar-refractivity contribution < 1.29 is 4.79 Å². The maximum atomic E-state index is 12.1. The van der Waals surface area contributed by atoms with Gasteiger partial charge in [-0.1, -0.05) is 52.7 Å². The molecule has 20 heavy (non-hydrogen) atoms. The Hall–Kier alpha value is -1.32. The molecule has 0 aliphatic heterocycles. The van der Waals surface area contributed by atoms with E-state index in [2.05, 4.69) is 28.2 Å². The van der Waals surface area contributed by atoms with Crippen molar-refractivity contribution >= 4 is 39.1 Å². The number of nitrogens with one attached hydrogen (secondary N) is 1. The van der Waals surface area contributed by atoms with Crippen molar-refractivity contribution in [2.75, 3.05) is 5.32 Å². The lowest BCUT2D eigenvalue weighted by Crippen LogP contribution is -2.15. The third kappa shape index (κ3) is 3.84. The first-order valence-electron chi connectivity index (χ1n) is 6.42. The zero-order chi connectivity index (χ0) is 14.5. The van der Waals surface area contributed by atoms with Crippen LogP contribution >= 0.6 is 27.5 Å². The molecular formula is C16H15BrClNO. The molecule has 0 unspecified atom stereocenters. The lowest BCUT2D eigenvalue weighted by Gasteiger charge is -2.11. The molecule has 1 amide bonds. The quantitative estimate of drug-likeness (QED) is 0.837. The lowest BCUT2D eigenvalue weighted by molar-refractivity contribution is -0.115. The van der Waals surface area contributed by atoms with E-state index in [1.54, 1.807) is 6.07 Å². The van der Waals surface area contributed by atoms with E-state index in [1.807, 2.05) is 36.4 Å². The molecule has 0 bridgehead atoms. The van der Waals surface area contributed by atoms with Crippen LogP contribution < -0.4 is 5.32 Å². The minimum atomic E-state index is -0.0601. The molecule has 0 saturated carbocycles. The van der Waals surface area contributed by atoms with E-state index in [-0.39, 0.29) is 12.3 Å². The van der Waals surface area contributed by atoms with E-state index in [1.165, 1.54) is 0 Å². The molecule has 1 N–H and O–H groups in total. The summed E-state index contributed by atoms with van der Waals surface area (Å²) in [5.74, 6) is -0.0601. The largest absolute Gasteiger partial charge is 0.326 e. The molecule has 2 rings (SSSR count). The second kappa shape index (κ2) is 6.91. The van der Waals surface area contributed by atoms with Gasteiger partial charge in [-0.25, -0.2) is 0 Å². The number of benzene rings is 2. The van der Waals surface area contributed by atoms with Crippen LogP contribution in [0.1, 0.15) is 18.1 Å². The summed E-state index contributed by atoms with van der Waals surface area (Å²) in [5.41, 5.74) is 2.79. The number of carbonyl (C=O) groups excluding carboxylic acids is 1. The number of amides is 1. The predicted octanol–water partition coefficient (Wildman–Crippen LogP) is 4.85. The van der Waals surface area contributed by atoms with Crippen LogP contribution in [0.15, 0.2) is 46.9 Å². The van der Waals surface area contributed by atoms with E-state index in [0.717, 1.165) is 27.7 Å². The Balaban J connectivity index is 2.11. The Bertz CT molecular complexity index is 628. The molecule has 0 radical (unpaired) electrons.